The van der Waals surface area contributed by atoms with Crippen molar-refractivity contribution in [2.24, 2.45) is 5.92 Å². The minimum absolute atomic E-state index is 0.611. The maximum absolute atomic E-state index is 5.25. The van der Waals surface area contributed by atoms with Gasteiger partial charge < -0.3 is 15.0 Å². The zero-order valence-electron chi connectivity index (χ0n) is 12.2. The number of ether oxygens (including phenoxy) is 1. The molecule has 4 nitrogen and oxygen atoms in total. The zero-order chi connectivity index (χ0) is 13.7. The third-order valence-corrected chi connectivity index (χ3v) is 4.80. The van der Waals surface area contributed by atoms with Crippen molar-refractivity contribution < 1.29 is 4.74 Å². The first-order valence-corrected chi connectivity index (χ1v) is 7.97. The van der Waals surface area contributed by atoms with Gasteiger partial charge in [-0.25, -0.2) is 4.98 Å². The highest BCUT2D eigenvalue weighted by atomic mass is 32.1. The molecule has 0 saturated carbocycles. The van der Waals surface area contributed by atoms with Gasteiger partial charge >= 0.3 is 0 Å². The highest BCUT2D eigenvalue weighted by molar-refractivity contribution is 7.15. The molecule has 1 aromatic heterocycles. The number of rotatable bonds is 7. The molecule has 0 bridgehead atoms. The van der Waals surface area contributed by atoms with Crippen LogP contribution in [0.2, 0.25) is 0 Å². The molecule has 1 aliphatic heterocycles. The van der Waals surface area contributed by atoms with Crippen molar-refractivity contribution in [3.8, 4) is 0 Å². The van der Waals surface area contributed by atoms with Crippen LogP contribution in [-0.2, 0) is 17.9 Å². The van der Waals surface area contributed by atoms with Crippen molar-refractivity contribution in [2.75, 3.05) is 32.1 Å². The van der Waals surface area contributed by atoms with Gasteiger partial charge in [0.1, 0.15) is 0 Å². The molecule has 1 aliphatic rings. The molecule has 5 heteroatoms. The van der Waals surface area contributed by atoms with Gasteiger partial charge in [-0.15, -0.1) is 11.3 Å². The van der Waals surface area contributed by atoms with E-state index < -0.39 is 0 Å². The Morgan fingerprint density at radius 3 is 3.05 bits per heavy atom. The molecule has 1 unspecified atom stereocenters. The van der Waals surface area contributed by atoms with Crippen LogP contribution in [0.5, 0.6) is 0 Å². The van der Waals surface area contributed by atoms with Crippen LogP contribution in [0.1, 0.15) is 36.8 Å². The summed E-state index contributed by atoms with van der Waals surface area (Å²) in [5.41, 5.74) is 1.09. The van der Waals surface area contributed by atoms with Crippen LogP contribution in [0.4, 0.5) is 5.13 Å². The van der Waals surface area contributed by atoms with Crippen molar-refractivity contribution >= 4 is 16.5 Å². The fraction of sp³-hybridized carbons (Fsp3) is 0.786. The van der Waals surface area contributed by atoms with Crippen LogP contribution >= 0.6 is 11.3 Å². The molecule has 2 rings (SSSR count). The fourth-order valence-electron chi connectivity index (χ4n) is 2.70. The topological polar surface area (TPSA) is 37.4 Å². The van der Waals surface area contributed by atoms with E-state index in [1.807, 2.05) is 18.4 Å². The molecular formula is C14H25N3OS. The van der Waals surface area contributed by atoms with Crippen LogP contribution in [0.15, 0.2) is 0 Å². The van der Waals surface area contributed by atoms with Gasteiger partial charge in [-0.05, 0) is 25.8 Å². The standard InChI is InChI=1S/C14H25N3OS/c1-4-5-11-6-7-17(9-11)14-16-12(10-18-3)13(19-14)8-15-2/h11,15H,4-10H2,1-3H3. The normalized spacial score (nSPS) is 19.3. The summed E-state index contributed by atoms with van der Waals surface area (Å²) in [6, 6.07) is 0. The van der Waals surface area contributed by atoms with Gasteiger partial charge in [0.05, 0.1) is 12.3 Å². The predicted molar refractivity (Wildman–Crippen MR) is 80.8 cm³/mol. The molecule has 1 saturated heterocycles. The summed E-state index contributed by atoms with van der Waals surface area (Å²) >= 11 is 1.81. The number of aromatic nitrogens is 1. The van der Waals surface area contributed by atoms with E-state index in [0.29, 0.717) is 6.61 Å². The summed E-state index contributed by atoms with van der Waals surface area (Å²) in [6.07, 6.45) is 3.95. The van der Waals surface area contributed by atoms with E-state index in [2.05, 4.69) is 17.1 Å². The van der Waals surface area contributed by atoms with Crippen LogP contribution in [-0.4, -0.2) is 32.2 Å². The molecule has 1 N–H and O–H groups in total. The van der Waals surface area contributed by atoms with Crippen molar-refractivity contribution in [1.29, 1.82) is 0 Å². The zero-order valence-corrected chi connectivity index (χ0v) is 13.1. The monoisotopic (exact) mass is 283 g/mol. The van der Waals surface area contributed by atoms with Crippen LogP contribution < -0.4 is 10.2 Å². The quantitative estimate of drug-likeness (QED) is 0.835. The lowest BCUT2D eigenvalue weighted by molar-refractivity contribution is 0.181. The Kier molecular flexibility index (Phi) is 5.60. The lowest BCUT2D eigenvalue weighted by atomic mass is 10.0. The largest absolute Gasteiger partial charge is 0.378 e. The summed E-state index contributed by atoms with van der Waals surface area (Å²) in [6.45, 7) is 6.09. The number of nitrogens with one attached hydrogen (secondary N) is 1. The first kappa shape index (κ1) is 14.8. The average Bonchev–Trinajstić information content (AvgIpc) is 2.99. The number of thiazole rings is 1. The van der Waals surface area contributed by atoms with Crippen molar-refractivity contribution in [2.45, 2.75) is 39.3 Å². The Morgan fingerprint density at radius 1 is 1.53 bits per heavy atom. The lowest BCUT2D eigenvalue weighted by Gasteiger charge is -2.14. The lowest BCUT2D eigenvalue weighted by Crippen LogP contribution is -2.19. The van der Waals surface area contributed by atoms with Gasteiger partial charge in [0, 0.05) is 31.6 Å². The maximum atomic E-state index is 5.25. The van der Waals surface area contributed by atoms with Gasteiger partial charge in [-0.3, -0.25) is 0 Å². The smallest absolute Gasteiger partial charge is 0.185 e. The Hall–Kier alpha value is -0.650. The highest BCUT2D eigenvalue weighted by Gasteiger charge is 2.25. The molecule has 0 aliphatic carbocycles. The van der Waals surface area contributed by atoms with E-state index in [9.17, 15) is 0 Å². The van der Waals surface area contributed by atoms with E-state index in [0.717, 1.165) is 24.7 Å². The molecule has 19 heavy (non-hydrogen) atoms. The first-order chi connectivity index (χ1) is 9.28. The minimum Gasteiger partial charge on any atom is -0.378 e. The Morgan fingerprint density at radius 2 is 2.37 bits per heavy atom. The van der Waals surface area contributed by atoms with E-state index in [4.69, 9.17) is 9.72 Å². The molecule has 0 radical (unpaired) electrons. The van der Waals surface area contributed by atoms with E-state index >= 15 is 0 Å². The minimum atomic E-state index is 0.611. The molecule has 1 atom stereocenters. The number of nitrogens with zero attached hydrogens (tertiary/aromatic N) is 2. The fourth-order valence-corrected chi connectivity index (χ4v) is 3.81. The second kappa shape index (κ2) is 7.22. The molecule has 0 spiro atoms. The van der Waals surface area contributed by atoms with Gasteiger partial charge in [-0.1, -0.05) is 13.3 Å². The molecule has 0 aromatic carbocycles. The summed E-state index contributed by atoms with van der Waals surface area (Å²) in [5, 5.41) is 4.39. The number of hydrogen-bond acceptors (Lipinski definition) is 5. The second-order valence-electron chi connectivity index (χ2n) is 5.22. The summed E-state index contributed by atoms with van der Waals surface area (Å²) in [7, 11) is 3.71. The van der Waals surface area contributed by atoms with E-state index in [1.54, 1.807) is 7.11 Å². The molecular weight excluding hydrogens is 258 g/mol. The first-order valence-electron chi connectivity index (χ1n) is 7.15. The van der Waals surface area contributed by atoms with Crippen molar-refractivity contribution in [3.63, 3.8) is 0 Å². The van der Waals surface area contributed by atoms with Crippen LogP contribution in [0, 0.1) is 5.92 Å². The Balaban J connectivity index is 2.06. The van der Waals surface area contributed by atoms with Crippen LogP contribution in [0.3, 0.4) is 0 Å². The highest BCUT2D eigenvalue weighted by Crippen LogP contribution is 2.32. The summed E-state index contributed by atoms with van der Waals surface area (Å²) in [4.78, 5) is 8.53. The summed E-state index contributed by atoms with van der Waals surface area (Å²) in [5.74, 6) is 0.854. The summed E-state index contributed by atoms with van der Waals surface area (Å²) < 4.78 is 5.25. The Labute approximate surface area is 120 Å². The number of anilines is 1. The van der Waals surface area contributed by atoms with Gasteiger partial charge in [0.15, 0.2) is 5.13 Å². The number of methoxy groups -OCH3 is 1. The van der Waals surface area contributed by atoms with Gasteiger partial charge in [0.25, 0.3) is 0 Å². The van der Waals surface area contributed by atoms with Gasteiger partial charge in [0.2, 0.25) is 0 Å². The maximum Gasteiger partial charge on any atom is 0.185 e. The van der Waals surface area contributed by atoms with E-state index in [1.165, 1.54) is 35.8 Å². The average molecular weight is 283 g/mol. The van der Waals surface area contributed by atoms with Crippen molar-refractivity contribution in [3.05, 3.63) is 10.6 Å². The molecule has 1 aromatic rings. The Bertz CT molecular complexity index is 371. The number of hydrogen-bond donors (Lipinski definition) is 1. The third kappa shape index (κ3) is 3.68. The van der Waals surface area contributed by atoms with E-state index in [-0.39, 0.29) is 0 Å². The SMILES string of the molecule is CCCC1CCN(c2nc(COC)c(CNC)s2)C1. The third-order valence-electron chi connectivity index (χ3n) is 3.64. The molecule has 108 valence electrons. The van der Waals surface area contributed by atoms with Crippen LogP contribution in [0.25, 0.3) is 0 Å². The molecule has 1 fully saturated rings. The van der Waals surface area contributed by atoms with Crippen molar-refractivity contribution in [1.82, 2.24) is 10.3 Å². The molecule has 0 amide bonds. The second-order valence-corrected chi connectivity index (χ2v) is 6.28. The predicted octanol–water partition coefficient (Wildman–Crippen LogP) is 2.64. The van der Waals surface area contributed by atoms with Gasteiger partial charge in [-0.2, -0.15) is 0 Å². The molecule has 2 heterocycles.